The van der Waals surface area contributed by atoms with Crippen LogP contribution in [0, 0.1) is 22.7 Å². The van der Waals surface area contributed by atoms with Crippen LogP contribution in [0.15, 0.2) is 35.5 Å². The Morgan fingerprint density at radius 1 is 1.31 bits per heavy atom. The lowest BCUT2D eigenvalue weighted by molar-refractivity contribution is -0.131. The van der Waals surface area contributed by atoms with Crippen LogP contribution >= 0.6 is 0 Å². The van der Waals surface area contributed by atoms with Crippen LogP contribution in [-0.4, -0.2) is 53.0 Å². The molecule has 1 fully saturated rings. The summed E-state index contributed by atoms with van der Waals surface area (Å²) < 4.78 is 3.20. The van der Waals surface area contributed by atoms with Crippen LogP contribution < -0.4 is 5.69 Å². The van der Waals surface area contributed by atoms with E-state index in [9.17, 15) is 14.9 Å². The Hall–Kier alpha value is -4.51. The Morgan fingerprint density at radius 2 is 2.19 bits per heavy atom. The van der Waals surface area contributed by atoms with E-state index in [4.69, 9.17) is 5.26 Å². The topological polar surface area (TPSA) is 149 Å². The molecule has 0 aromatic carbocycles. The minimum Gasteiger partial charge on any atom is -0.340 e. The molecule has 1 saturated heterocycles. The van der Waals surface area contributed by atoms with E-state index >= 15 is 0 Å². The average molecular weight is 427 g/mol. The van der Waals surface area contributed by atoms with Crippen LogP contribution in [0.4, 0.5) is 0 Å². The molecule has 1 N–H and O–H groups in total. The van der Waals surface area contributed by atoms with Gasteiger partial charge in [0.05, 0.1) is 47.2 Å². The molecule has 0 radical (unpaired) electrons. The molecule has 1 aliphatic heterocycles. The normalized spacial score (nSPS) is 16.2. The standard InChI is InChI=1S/C21H17N9O2/c22-5-3-18(31)28-6-1-2-14(12-28)30-20-16(26-21(30)32)11-24-19(27-20)15-10-25-29-7-4-13(9-23)8-17(15)29/h4,7-8,10-11,14H,1-3,6,12H2,(H,26,32). The number of hydrogen-bond acceptors (Lipinski definition) is 7. The van der Waals surface area contributed by atoms with E-state index in [1.807, 2.05) is 6.07 Å². The van der Waals surface area contributed by atoms with Crippen LogP contribution in [0.25, 0.3) is 28.1 Å². The van der Waals surface area contributed by atoms with Crippen molar-refractivity contribution >= 4 is 22.6 Å². The van der Waals surface area contributed by atoms with Crippen LogP contribution in [0.1, 0.15) is 30.9 Å². The van der Waals surface area contributed by atoms with Crippen molar-refractivity contribution < 1.29 is 4.79 Å². The number of likely N-dealkylation sites (tertiary alicyclic amines) is 1. The monoisotopic (exact) mass is 427 g/mol. The number of fused-ring (bicyclic) bond motifs is 2. The predicted molar refractivity (Wildman–Crippen MR) is 112 cm³/mol. The number of aromatic nitrogens is 6. The van der Waals surface area contributed by atoms with Crippen molar-refractivity contribution in [3.63, 3.8) is 0 Å². The highest BCUT2D eigenvalue weighted by atomic mass is 16.2. The van der Waals surface area contributed by atoms with Crippen molar-refractivity contribution in [3.8, 4) is 23.5 Å². The number of nitriles is 2. The van der Waals surface area contributed by atoms with E-state index in [1.165, 1.54) is 0 Å². The minimum absolute atomic E-state index is 0.179. The number of pyridine rings is 1. The van der Waals surface area contributed by atoms with Crippen molar-refractivity contribution in [1.29, 1.82) is 10.5 Å². The number of rotatable bonds is 3. The van der Waals surface area contributed by atoms with Gasteiger partial charge in [0.25, 0.3) is 0 Å². The lowest BCUT2D eigenvalue weighted by Gasteiger charge is -2.32. The first-order valence-corrected chi connectivity index (χ1v) is 10.1. The van der Waals surface area contributed by atoms with E-state index in [-0.39, 0.29) is 24.1 Å². The number of piperidine rings is 1. The Morgan fingerprint density at radius 3 is 3.00 bits per heavy atom. The summed E-state index contributed by atoms with van der Waals surface area (Å²) in [4.78, 5) is 38.4. The number of nitrogens with zero attached hydrogens (tertiary/aromatic N) is 8. The van der Waals surface area contributed by atoms with Crippen LogP contribution in [0.3, 0.4) is 0 Å². The molecular weight excluding hydrogens is 410 g/mol. The van der Waals surface area contributed by atoms with E-state index in [1.54, 1.807) is 44.7 Å². The lowest BCUT2D eigenvalue weighted by Crippen LogP contribution is -2.42. The third-order valence-electron chi connectivity index (χ3n) is 5.69. The Kier molecular flexibility index (Phi) is 4.64. The van der Waals surface area contributed by atoms with Gasteiger partial charge in [0.15, 0.2) is 11.5 Å². The van der Waals surface area contributed by atoms with Gasteiger partial charge in [-0.3, -0.25) is 9.36 Å². The first-order valence-electron chi connectivity index (χ1n) is 10.1. The summed E-state index contributed by atoms with van der Waals surface area (Å²) in [6, 6.07) is 7.11. The molecule has 158 valence electrons. The zero-order chi connectivity index (χ0) is 22.2. The molecule has 0 saturated carbocycles. The van der Waals surface area contributed by atoms with Crippen molar-refractivity contribution in [3.05, 3.63) is 46.8 Å². The molecule has 1 unspecified atom stereocenters. The van der Waals surface area contributed by atoms with Crippen molar-refractivity contribution in [1.82, 2.24) is 34.0 Å². The fraction of sp³-hybridized carbons (Fsp3) is 0.286. The zero-order valence-electron chi connectivity index (χ0n) is 16.9. The van der Waals surface area contributed by atoms with Crippen molar-refractivity contribution in [2.75, 3.05) is 13.1 Å². The Balaban J connectivity index is 1.58. The summed E-state index contributed by atoms with van der Waals surface area (Å²) in [5.41, 5.74) is 2.42. The first-order chi connectivity index (χ1) is 15.6. The molecule has 1 amide bonds. The molecule has 5 heterocycles. The van der Waals surface area contributed by atoms with Gasteiger partial charge in [0, 0.05) is 19.3 Å². The highest BCUT2D eigenvalue weighted by Crippen LogP contribution is 2.26. The second-order valence-corrected chi connectivity index (χ2v) is 7.62. The summed E-state index contributed by atoms with van der Waals surface area (Å²) in [6.07, 6.45) is 6.12. The van der Waals surface area contributed by atoms with E-state index in [2.05, 4.69) is 26.1 Å². The largest absolute Gasteiger partial charge is 0.340 e. The summed E-state index contributed by atoms with van der Waals surface area (Å²) in [7, 11) is 0. The highest BCUT2D eigenvalue weighted by Gasteiger charge is 2.27. The molecule has 5 rings (SSSR count). The highest BCUT2D eigenvalue weighted by molar-refractivity contribution is 5.80. The SMILES string of the molecule is N#CCC(=O)N1CCCC(n2c(=O)[nH]c3cnc(-c4cnn5ccc(C#N)cc45)nc32)C1. The number of amides is 1. The summed E-state index contributed by atoms with van der Waals surface area (Å²) in [5, 5.41) is 22.3. The average Bonchev–Trinajstić information content (AvgIpc) is 3.38. The first kappa shape index (κ1) is 19.5. The van der Waals surface area contributed by atoms with Crippen LogP contribution in [0.2, 0.25) is 0 Å². The van der Waals surface area contributed by atoms with Gasteiger partial charge >= 0.3 is 5.69 Å². The molecule has 0 spiro atoms. The van der Waals surface area contributed by atoms with Crippen LogP contribution in [0.5, 0.6) is 0 Å². The van der Waals surface area contributed by atoms with Gasteiger partial charge in [-0.15, -0.1) is 0 Å². The number of aromatic amines is 1. The maximum absolute atomic E-state index is 12.8. The Labute approximate surface area is 181 Å². The number of nitrogens with one attached hydrogen (secondary N) is 1. The smallest absolute Gasteiger partial charge is 0.328 e. The third-order valence-corrected chi connectivity index (χ3v) is 5.69. The molecular formula is C21H17N9O2. The molecule has 0 aliphatic carbocycles. The minimum atomic E-state index is -0.322. The van der Waals surface area contributed by atoms with Gasteiger partial charge in [-0.05, 0) is 25.0 Å². The summed E-state index contributed by atoms with van der Waals surface area (Å²) in [5.74, 6) is 0.142. The van der Waals surface area contributed by atoms with Crippen LogP contribution in [-0.2, 0) is 4.79 Å². The van der Waals surface area contributed by atoms with Gasteiger partial charge in [-0.2, -0.15) is 15.6 Å². The maximum Gasteiger partial charge on any atom is 0.328 e. The Bertz CT molecular complexity index is 1500. The quantitative estimate of drug-likeness (QED) is 0.519. The second kappa shape index (κ2) is 7.63. The molecule has 4 aromatic heterocycles. The van der Waals surface area contributed by atoms with Crippen molar-refractivity contribution in [2.45, 2.75) is 25.3 Å². The third kappa shape index (κ3) is 3.17. The fourth-order valence-corrected chi connectivity index (χ4v) is 4.18. The van der Waals surface area contributed by atoms with Gasteiger partial charge < -0.3 is 9.88 Å². The molecule has 11 nitrogen and oxygen atoms in total. The predicted octanol–water partition coefficient (Wildman–Crippen LogP) is 1.38. The van der Waals surface area contributed by atoms with Gasteiger partial charge in [0.2, 0.25) is 5.91 Å². The number of carbonyl (C=O) groups is 1. The summed E-state index contributed by atoms with van der Waals surface area (Å²) >= 11 is 0. The van der Waals surface area contributed by atoms with Crippen molar-refractivity contribution in [2.24, 2.45) is 0 Å². The zero-order valence-corrected chi connectivity index (χ0v) is 16.9. The van der Waals surface area contributed by atoms with Gasteiger partial charge in [-0.1, -0.05) is 0 Å². The molecule has 1 atom stereocenters. The molecule has 11 heteroatoms. The van der Waals surface area contributed by atoms with E-state index in [0.717, 1.165) is 6.42 Å². The molecule has 4 aromatic rings. The summed E-state index contributed by atoms with van der Waals surface area (Å²) in [6.45, 7) is 0.910. The number of carbonyl (C=O) groups excluding carboxylic acids is 1. The van der Waals surface area contributed by atoms with E-state index < -0.39 is 0 Å². The fourth-order valence-electron chi connectivity index (χ4n) is 4.18. The second-order valence-electron chi connectivity index (χ2n) is 7.62. The van der Waals surface area contributed by atoms with E-state index in [0.29, 0.717) is 53.1 Å². The lowest BCUT2D eigenvalue weighted by atomic mass is 10.1. The molecule has 0 bridgehead atoms. The molecule has 32 heavy (non-hydrogen) atoms. The van der Waals surface area contributed by atoms with Gasteiger partial charge in [0.1, 0.15) is 11.9 Å². The number of H-pyrrole nitrogens is 1. The maximum atomic E-state index is 12.8. The number of imidazole rings is 1. The number of hydrogen-bond donors (Lipinski definition) is 1. The molecule has 1 aliphatic rings. The van der Waals surface area contributed by atoms with Gasteiger partial charge in [-0.25, -0.2) is 19.3 Å².